The van der Waals surface area contributed by atoms with Gasteiger partial charge in [0.15, 0.2) is 0 Å². The fourth-order valence-corrected chi connectivity index (χ4v) is 6.43. The third kappa shape index (κ3) is 4.39. The highest BCUT2D eigenvalue weighted by Gasteiger charge is 2.30. The second-order valence-electron chi connectivity index (χ2n) is 9.58. The van der Waals surface area contributed by atoms with Gasteiger partial charge in [-0.3, -0.25) is 14.6 Å². The zero-order chi connectivity index (χ0) is 24.5. The number of benzene rings is 1. The lowest BCUT2D eigenvalue weighted by atomic mass is 9.89. The van der Waals surface area contributed by atoms with Gasteiger partial charge in [0.1, 0.15) is 11.4 Å². The summed E-state index contributed by atoms with van der Waals surface area (Å²) in [6.45, 7) is 2.81. The predicted molar refractivity (Wildman–Crippen MR) is 138 cm³/mol. The molecule has 36 heavy (non-hydrogen) atoms. The van der Waals surface area contributed by atoms with Crippen LogP contribution < -0.4 is 0 Å². The average Bonchev–Trinajstić information content (AvgIpc) is 3.61. The molecule has 9 heteroatoms. The van der Waals surface area contributed by atoms with Gasteiger partial charge in [0.25, 0.3) is 11.8 Å². The van der Waals surface area contributed by atoms with Crippen molar-refractivity contribution in [2.24, 2.45) is 0 Å². The number of piperidine rings is 2. The van der Waals surface area contributed by atoms with Crippen molar-refractivity contribution in [3.8, 4) is 0 Å². The summed E-state index contributed by atoms with van der Waals surface area (Å²) in [6.07, 6.45) is 10.3. The van der Waals surface area contributed by atoms with E-state index in [1.54, 1.807) is 23.7 Å². The molecule has 1 N–H and O–H groups in total. The van der Waals surface area contributed by atoms with Crippen LogP contribution in [0.5, 0.6) is 0 Å². The van der Waals surface area contributed by atoms with Crippen LogP contribution in [0.1, 0.15) is 69.1 Å². The number of hydrogen-bond donors (Lipinski definition) is 1. The molecule has 2 aliphatic rings. The van der Waals surface area contributed by atoms with Crippen molar-refractivity contribution >= 4 is 34.1 Å². The van der Waals surface area contributed by atoms with Gasteiger partial charge in [-0.25, -0.2) is 9.97 Å². The van der Waals surface area contributed by atoms with Gasteiger partial charge in [-0.15, -0.1) is 11.3 Å². The molecule has 4 aromatic rings. The van der Waals surface area contributed by atoms with Crippen LogP contribution in [-0.4, -0.2) is 67.7 Å². The van der Waals surface area contributed by atoms with Gasteiger partial charge in [0.05, 0.1) is 11.2 Å². The smallest absolute Gasteiger partial charge is 0.274 e. The van der Waals surface area contributed by atoms with E-state index in [4.69, 9.17) is 4.98 Å². The molecule has 2 fully saturated rings. The highest BCUT2D eigenvalue weighted by atomic mass is 32.1. The lowest BCUT2D eigenvalue weighted by Gasteiger charge is -2.31. The first-order chi connectivity index (χ1) is 17.7. The van der Waals surface area contributed by atoms with Gasteiger partial charge in [-0.2, -0.15) is 0 Å². The van der Waals surface area contributed by atoms with Crippen molar-refractivity contribution < 1.29 is 9.59 Å². The number of fused-ring (bicyclic) bond motifs is 1. The first-order valence-corrected chi connectivity index (χ1v) is 13.4. The minimum atomic E-state index is -0.0763. The number of likely N-dealkylation sites (tertiary alicyclic amines) is 2. The molecule has 0 aliphatic carbocycles. The predicted octanol–water partition coefficient (Wildman–Crippen LogP) is 4.45. The maximum absolute atomic E-state index is 13.2. The van der Waals surface area contributed by atoms with Gasteiger partial charge in [-0.05, 0) is 43.2 Å². The fourth-order valence-electron chi connectivity index (χ4n) is 5.46. The molecule has 1 aromatic carbocycles. The number of aromatic nitrogens is 4. The van der Waals surface area contributed by atoms with Crippen LogP contribution in [0.4, 0.5) is 0 Å². The minimum absolute atomic E-state index is 0.0325. The number of carbonyl (C=O) groups excluding carboxylic acids is 2. The molecular weight excluding hydrogens is 472 g/mol. The molecule has 184 valence electrons. The first-order valence-electron chi connectivity index (χ1n) is 12.5. The number of amides is 2. The number of hydrogen-bond acceptors (Lipinski definition) is 6. The summed E-state index contributed by atoms with van der Waals surface area (Å²) in [5.74, 6) is 0.693. The number of rotatable bonds is 4. The number of thiazole rings is 1. The highest BCUT2D eigenvalue weighted by Crippen LogP contribution is 2.34. The van der Waals surface area contributed by atoms with Crippen molar-refractivity contribution in [3.63, 3.8) is 0 Å². The summed E-state index contributed by atoms with van der Waals surface area (Å²) in [7, 11) is 0. The van der Waals surface area contributed by atoms with E-state index >= 15 is 0 Å². The lowest BCUT2D eigenvalue weighted by Crippen LogP contribution is -2.38. The van der Waals surface area contributed by atoms with Gasteiger partial charge >= 0.3 is 0 Å². The Morgan fingerprint density at radius 3 is 2.31 bits per heavy atom. The first kappa shape index (κ1) is 22.8. The number of H-pyrrole nitrogens is 1. The maximum atomic E-state index is 13.2. The van der Waals surface area contributed by atoms with Crippen LogP contribution in [-0.2, 0) is 0 Å². The molecule has 3 aromatic heterocycles. The summed E-state index contributed by atoms with van der Waals surface area (Å²) >= 11 is 1.57. The molecule has 0 bridgehead atoms. The number of para-hydroxylation sites is 1. The van der Waals surface area contributed by atoms with Crippen LogP contribution in [0.3, 0.4) is 0 Å². The van der Waals surface area contributed by atoms with Gasteiger partial charge in [0.2, 0.25) is 0 Å². The number of nitrogens with one attached hydrogen (secondary N) is 1. The van der Waals surface area contributed by atoms with Crippen molar-refractivity contribution in [2.75, 3.05) is 26.2 Å². The molecule has 0 radical (unpaired) electrons. The van der Waals surface area contributed by atoms with Gasteiger partial charge in [-0.1, -0.05) is 18.2 Å². The average molecular weight is 501 g/mol. The summed E-state index contributed by atoms with van der Waals surface area (Å²) in [4.78, 5) is 45.9. The molecular formula is C27H28N6O2S. The largest absolute Gasteiger partial charge is 0.361 e. The topological polar surface area (TPSA) is 95.1 Å². The second kappa shape index (κ2) is 9.81. The Morgan fingerprint density at radius 1 is 0.889 bits per heavy atom. The van der Waals surface area contributed by atoms with E-state index in [1.807, 2.05) is 15.2 Å². The van der Waals surface area contributed by atoms with Gasteiger partial charge in [0, 0.05) is 67.0 Å². The molecule has 0 atom stereocenters. The van der Waals surface area contributed by atoms with Crippen molar-refractivity contribution in [1.29, 1.82) is 0 Å². The molecule has 0 spiro atoms. The third-order valence-corrected chi connectivity index (χ3v) is 8.51. The third-order valence-electron chi connectivity index (χ3n) is 7.50. The highest BCUT2D eigenvalue weighted by molar-refractivity contribution is 7.09. The Bertz CT molecular complexity index is 1370. The molecule has 8 nitrogen and oxygen atoms in total. The molecule has 0 unspecified atom stereocenters. The Balaban J connectivity index is 1.04. The Hall–Kier alpha value is -3.59. The number of aromatic amines is 1. The summed E-state index contributed by atoms with van der Waals surface area (Å²) in [6, 6.07) is 8.41. The quantitative estimate of drug-likeness (QED) is 0.447. The van der Waals surface area contributed by atoms with Crippen LogP contribution >= 0.6 is 11.3 Å². The minimum Gasteiger partial charge on any atom is -0.361 e. The van der Waals surface area contributed by atoms with Crippen LogP contribution in [0, 0.1) is 0 Å². The molecule has 5 heterocycles. The van der Waals surface area contributed by atoms with Crippen LogP contribution in [0.25, 0.3) is 10.9 Å². The Labute approximate surface area is 213 Å². The van der Waals surface area contributed by atoms with E-state index in [2.05, 4.69) is 45.4 Å². The van der Waals surface area contributed by atoms with E-state index < -0.39 is 0 Å². The van der Waals surface area contributed by atoms with E-state index in [-0.39, 0.29) is 17.7 Å². The molecule has 0 saturated carbocycles. The zero-order valence-corrected chi connectivity index (χ0v) is 20.8. The molecule has 2 saturated heterocycles. The van der Waals surface area contributed by atoms with E-state index in [0.717, 1.165) is 43.8 Å². The fraction of sp³-hybridized carbons (Fsp3) is 0.370. The lowest BCUT2D eigenvalue weighted by molar-refractivity contribution is 0.0704. The SMILES string of the molecule is O=C(c1cnccn1)N1CCC(c2nc(C(=O)N3CCC(c4c[nH]c5ccccc45)CC3)cs2)CC1. The normalized spacial score (nSPS) is 17.6. The van der Waals surface area contributed by atoms with E-state index in [1.165, 1.54) is 22.7 Å². The van der Waals surface area contributed by atoms with Crippen molar-refractivity contribution in [3.05, 3.63) is 76.4 Å². The molecule has 2 aliphatic heterocycles. The van der Waals surface area contributed by atoms with Gasteiger partial charge < -0.3 is 14.8 Å². The Kier molecular flexibility index (Phi) is 6.23. The van der Waals surface area contributed by atoms with Crippen molar-refractivity contribution in [1.82, 2.24) is 29.7 Å². The van der Waals surface area contributed by atoms with Crippen molar-refractivity contribution in [2.45, 2.75) is 37.5 Å². The summed E-state index contributed by atoms with van der Waals surface area (Å²) < 4.78 is 0. The summed E-state index contributed by atoms with van der Waals surface area (Å²) in [5, 5.41) is 4.19. The number of nitrogens with zero attached hydrogens (tertiary/aromatic N) is 5. The molecule has 2 amide bonds. The van der Waals surface area contributed by atoms with Crippen LogP contribution in [0.2, 0.25) is 0 Å². The standard InChI is InChI=1S/C27H28N6O2S/c34-26(23-16-28-9-10-29-23)32-13-7-19(8-14-32)25-31-24(17-36-25)27(35)33-11-5-18(6-12-33)21-15-30-22-4-2-1-3-20(21)22/h1-4,9-10,15-19,30H,5-8,11-14H2. The molecule has 6 rings (SSSR count). The Morgan fingerprint density at radius 2 is 1.58 bits per heavy atom. The second-order valence-corrected chi connectivity index (χ2v) is 10.5. The zero-order valence-electron chi connectivity index (χ0n) is 20.0. The monoisotopic (exact) mass is 500 g/mol. The summed E-state index contributed by atoms with van der Waals surface area (Å²) in [5.41, 5.74) is 3.47. The van der Waals surface area contributed by atoms with Crippen LogP contribution in [0.15, 0.2) is 54.4 Å². The number of carbonyl (C=O) groups is 2. The maximum Gasteiger partial charge on any atom is 0.274 e. The van der Waals surface area contributed by atoms with E-state index in [0.29, 0.717) is 30.4 Å². The van der Waals surface area contributed by atoms with E-state index in [9.17, 15) is 9.59 Å².